The predicted molar refractivity (Wildman–Crippen MR) is 124 cm³/mol. The first-order chi connectivity index (χ1) is 14.7. The molecule has 3 N–H and O–H groups in total. The molecule has 3 aromatic rings. The number of hydrogen-bond acceptors (Lipinski definition) is 7. The van der Waals surface area contributed by atoms with Crippen LogP contribution in [0.2, 0.25) is 0 Å². The van der Waals surface area contributed by atoms with Crippen LogP contribution in [-0.2, 0) is 0 Å². The highest BCUT2D eigenvalue weighted by atomic mass is 32.1. The van der Waals surface area contributed by atoms with E-state index in [1.165, 1.54) is 6.42 Å². The molecule has 2 aliphatic rings. The maximum atomic E-state index is 13.3. The van der Waals surface area contributed by atoms with Crippen LogP contribution >= 0.6 is 11.3 Å². The molecule has 2 aromatic heterocycles. The fourth-order valence-corrected chi connectivity index (χ4v) is 5.32. The van der Waals surface area contributed by atoms with Gasteiger partial charge in [0.15, 0.2) is 0 Å². The lowest BCUT2D eigenvalue weighted by atomic mass is 10.0. The molecule has 5 rings (SSSR count). The first-order valence-corrected chi connectivity index (χ1v) is 11.7. The van der Waals surface area contributed by atoms with Crippen molar-refractivity contribution in [1.29, 1.82) is 0 Å². The number of nitrogens with zero attached hydrogens (tertiary/aromatic N) is 3. The SMILES string of the molecule is C[C@H]1CC[C@@H](Nc2nc(N3CCCCC3)[nH]c(=O)c2-c2nc3ccccc3s2)CN1. The third-order valence-corrected chi connectivity index (χ3v) is 7.13. The number of thiazole rings is 1. The van der Waals surface area contributed by atoms with Crippen LogP contribution in [-0.4, -0.2) is 46.7 Å². The number of para-hydroxylation sites is 1. The van der Waals surface area contributed by atoms with E-state index < -0.39 is 0 Å². The van der Waals surface area contributed by atoms with E-state index in [0.29, 0.717) is 23.4 Å². The lowest BCUT2D eigenvalue weighted by Crippen LogP contribution is -2.43. The van der Waals surface area contributed by atoms with Gasteiger partial charge >= 0.3 is 0 Å². The number of hydrogen-bond donors (Lipinski definition) is 3. The van der Waals surface area contributed by atoms with Gasteiger partial charge in [-0.1, -0.05) is 12.1 Å². The van der Waals surface area contributed by atoms with E-state index in [1.54, 1.807) is 11.3 Å². The number of aromatic amines is 1. The van der Waals surface area contributed by atoms with Gasteiger partial charge in [0.05, 0.1) is 10.2 Å². The fraction of sp³-hybridized carbons (Fsp3) is 0.500. The van der Waals surface area contributed by atoms with Crippen LogP contribution in [0.15, 0.2) is 29.1 Å². The maximum absolute atomic E-state index is 13.3. The first-order valence-electron chi connectivity index (χ1n) is 10.9. The lowest BCUT2D eigenvalue weighted by Gasteiger charge is -2.30. The van der Waals surface area contributed by atoms with E-state index in [4.69, 9.17) is 9.97 Å². The Morgan fingerprint density at radius 3 is 2.73 bits per heavy atom. The Labute approximate surface area is 179 Å². The monoisotopic (exact) mass is 424 g/mol. The Hall–Kier alpha value is -2.45. The van der Waals surface area contributed by atoms with Crippen molar-refractivity contribution in [1.82, 2.24) is 20.3 Å². The third-order valence-electron chi connectivity index (χ3n) is 6.07. The highest BCUT2D eigenvalue weighted by molar-refractivity contribution is 7.21. The molecule has 0 aliphatic carbocycles. The van der Waals surface area contributed by atoms with E-state index in [0.717, 1.165) is 60.5 Å². The van der Waals surface area contributed by atoms with Gasteiger partial charge in [0.2, 0.25) is 5.95 Å². The van der Waals surface area contributed by atoms with Crippen molar-refractivity contribution in [2.45, 2.75) is 51.1 Å². The van der Waals surface area contributed by atoms with E-state index in [9.17, 15) is 4.79 Å². The van der Waals surface area contributed by atoms with Crippen LogP contribution in [0.4, 0.5) is 11.8 Å². The summed E-state index contributed by atoms with van der Waals surface area (Å²) in [6, 6.07) is 8.78. The molecule has 2 atom stereocenters. The molecule has 0 saturated carbocycles. The Morgan fingerprint density at radius 1 is 1.13 bits per heavy atom. The summed E-state index contributed by atoms with van der Waals surface area (Å²) in [5, 5.41) is 7.82. The largest absolute Gasteiger partial charge is 0.365 e. The highest BCUT2D eigenvalue weighted by Gasteiger charge is 2.24. The summed E-state index contributed by atoms with van der Waals surface area (Å²) < 4.78 is 1.08. The molecule has 30 heavy (non-hydrogen) atoms. The second-order valence-corrected chi connectivity index (χ2v) is 9.41. The normalized spacial score (nSPS) is 22.4. The minimum absolute atomic E-state index is 0.121. The van der Waals surface area contributed by atoms with Crippen molar-refractivity contribution in [2.75, 3.05) is 29.9 Å². The molecule has 0 bridgehead atoms. The van der Waals surface area contributed by atoms with Crippen molar-refractivity contribution in [3.05, 3.63) is 34.6 Å². The predicted octanol–water partition coefficient (Wildman–Crippen LogP) is 3.59. The standard InChI is InChI=1S/C22H28N6OS/c1-14-9-10-15(13-23-14)24-19-18(21-25-16-7-3-4-8-17(16)30-21)20(29)27-22(26-19)28-11-5-2-6-12-28/h3-4,7-8,14-15,23H,2,5-6,9-13H2,1H3,(H2,24,26,27,29)/t14-,15+/m0/s1. The molecule has 0 radical (unpaired) electrons. The van der Waals surface area contributed by atoms with Gasteiger partial charge in [-0.25, -0.2) is 4.98 Å². The van der Waals surface area contributed by atoms with Gasteiger partial charge in [-0.05, 0) is 51.2 Å². The molecule has 2 fully saturated rings. The zero-order chi connectivity index (χ0) is 20.5. The average molecular weight is 425 g/mol. The molecule has 2 aliphatic heterocycles. The van der Waals surface area contributed by atoms with E-state index in [1.807, 2.05) is 24.3 Å². The Morgan fingerprint density at radius 2 is 1.97 bits per heavy atom. The number of anilines is 2. The van der Waals surface area contributed by atoms with Crippen LogP contribution in [0, 0.1) is 0 Å². The summed E-state index contributed by atoms with van der Waals surface area (Å²) in [4.78, 5) is 28.2. The minimum Gasteiger partial charge on any atom is -0.365 e. The number of piperidine rings is 2. The number of nitrogens with one attached hydrogen (secondary N) is 3. The molecule has 0 unspecified atom stereocenters. The van der Waals surface area contributed by atoms with Crippen molar-refractivity contribution in [3.8, 4) is 10.6 Å². The summed E-state index contributed by atoms with van der Waals surface area (Å²) in [6.07, 6.45) is 5.67. The van der Waals surface area contributed by atoms with Gasteiger partial charge in [-0.3, -0.25) is 9.78 Å². The van der Waals surface area contributed by atoms with Gasteiger partial charge in [-0.15, -0.1) is 11.3 Å². The number of H-pyrrole nitrogens is 1. The van der Waals surface area contributed by atoms with Crippen molar-refractivity contribution in [3.63, 3.8) is 0 Å². The van der Waals surface area contributed by atoms with E-state index >= 15 is 0 Å². The molecule has 0 amide bonds. The van der Waals surface area contributed by atoms with Crippen molar-refractivity contribution < 1.29 is 0 Å². The molecule has 1 aromatic carbocycles. The van der Waals surface area contributed by atoms with Crippen LogP contribution in [0.5, 0.6) is 0 Å². The molecule has 158 valence electrons. The number of benzene rings is 1. The molecule has 0 spiro atoms. The lowest BCUT2D eigenvalue weighted by molar-refractivity contribution is 0.398. The summed E-state index contributed by atoms with van der Waals surface area (Å²) in [5.41, 5.74) is 1.34. The Kier molecular flexibility index (Phi) is 5.43. The molecule has 8 heteroatoms. The van der Waals surface area contributed by atoms with Gasteiger partial charge in [-0.2, -0.15) is 4.98 Å². The summed E-state index contributed by atoms with van der Waals surface area (Å²) >= 11 is 1.54. The van der Waals surface area contributed by atoms with Crippen molar-refractivity contribution >= 4 is 33.3 Å². The van der Waals surface area contributed by atoms with Gasteiger partial charge < -0.3 is 15.5 Å². The quantitative estimate of drug-likeness (QED) is 0.593. The molecular weight excluding hydrogens is 396 g/mol. The third kappa shape index (κ3) is 3.94. The zero-order valence-corrected chi connectivity index (χ0v) is 18.1. The first kappa shape index (κ1) is 19.5. The van der Waals surface area contributed by atoms with Crippen LogP contribution in [0.3, 0.4) is 0 Å². The van der Waals surface area contributed by atoms with E-state index in [2.05, 4.69) is 27.4 Å². The number of fused-ring (bicyclic) bond motifs is 1. The molecule has 2 saturated heterocycles. The second kappa shape index (κ2) is 8.35. The van der Waals surface area contributed by atoms with Crippen LogP contribution in [0.1, 0.15) is 39.0 Å². The summed E-state index contributed by atoms with van der Waals surface area (Å²) in [6.45, 7) is 4.95. The van der Waals surface area contributed by atoms with Gasteiger partial charge in [0.25, 0.3) is 5.56 Å². The molecule has 4 heterocycles. The second-order valence-electron chi connectivity index (χ2n) is 8.38. The van der Waals surface area contributed by atoms with E-state index in [-0.39, 0.29) is 11.6 Å². The highest BCUT2D eigenvalue weighted by Crippen LogP contribution is 2.33. The summed E-state index contributed by atoms with van der Waals surface area (Å²) in [5.74, 6) is 1.32. The molecule has 7 nitrogen and oxygen atoms in total. The zero-order valence-electron chi connectivity index (χ0n) is 17.3. The molecular formula is C22H28N6OS. The Bertz CT molecular complexity index is 1050. The smallest absolute Gasteiger partial charge is 0.264 e. The van der Waals surface area contributed by atoms with Crippen molar-refractivity contribution in [2.24, 2.45) is 0 Å². The maximum Gasteiger partial charge on any atom is 0.264 e. The number of aromatic nitrogens is 3. The Balaban J connectivity index is 1.56. The van der Waals surface area contributed by atoms with Gasteiger partial charge in [0, 0.05) is 31.7 Å². The summed E-state index contributed by atoms with van der Waals surface area (Å²) in [7, 11) is 0. The topological polar surface area (TPSA) is 85.9 Å². The van der Waals surface area contributed by atoms with Gasteiger partial charge in [0.1, 0.15) is 16.4 Å². The average Bonchev–Trinajstić information content (AvgIpc) is 3.19. The number of rotatable bonds is 4. The minimum atomic E-state index is -0.121. The fourth-order valence-electron chi connectivity index (χ4n) is 4.31. The van der Waals surface area contributed by atoms with Crippen LogP contribution < -0.4 is 21.1 Å². The van der Waals surface area contributed by atoms with Crippen LogP contribution in [0.25, 0.3) is 20.8 Å².